The summed E-state index contributed by atoms with van der Waals surface area (Å²) in [6.07, 6.45) is -0.156. The van der Waals surface area contributed by atoms with Crippen LogP contribution in [0.2, 0.25) is 0 Å². The van der Waals surface area contributed by atoms with Crippen molar-refractivity contribution in [3.8, 4) is 5.75 Å². The quantitative estimate of drug-likeness (QED) is 0.572. The lowest BCUT2D eigenvalue weighted by Gasteiger charge is -2.23. The van der Waals surface area contributed by atoms with Gasteiger partial charge in [-0.2, -0.15) is 0 Å². The van der Waals surface area contributed by atoms with E-state index in [0.29, 0.717) is 5.56 Å². The fourth-order valence-corrected chi connectivity index (χ4v) is 2.04. The van der Waals surface area contributed by atoms with Gasteiger partial charge >= 0.3 is 5.97 Å². The third-order valence-electron chi connectivity index (χ3n) is 3.24. The minimum Gasteiger partial charge on any atom is -0.508 e. The number of carbonyl (C=O) groups is 2. The molecule has 0 spiro atoms. The average molecular weight is 285 g/mol. The highest BCUT2D eigenvalue weighted by Crippen LogP contribution is 2.19. The number of hydrogen-bond acceptors (Lipinski definition) is 4. The van der Waals surface area contributed by atoms with Gasteiger partial charge in [-0.1, -0.05) is 42.5 Å². The van der Waals surface area contributed by atoms with Crippen LogP contribution in [0.25, 0.3) is 0 Å². The highest BCUT2D eigenvalue weighted by atomic mass is 16.4. The van der Waals surface area contributed by atoms with Crippen molar-refractivity contribution in [3.63, 3.8) is 0 Å². The van der Waals surface area contributed by atoms with Crippen molar-refractivity contribution in [2.24, 2.45) is 5.73 Å². The van der Waals surface area contributed by atoms with Gasteiger partial charge in [-0.25, -0.2) is 4.79 Å². The third-order valence-corrected chi connectivity index (χ3v) is 3.24. The Morgan fingerprint density at radius 3 is 2.10 bits per heavy atom. The van der Waals surface area contributed by atoms with Crippen LogP contribution >= 0.6 is 0 Å². The molecule has 0 amide bonds. The molecule has 0 aliphatic heterocycles. The predicted octanol–water partition coefficient (Wildman–Crippen LogP) is 1.60. The van der Waals surface area contributed by atoms with Crippen molar-refractivity contribution in [3.05, 3.63) is 65.7 Å². The normalized spacial score (nSPS) is 13.4. The van der Waals surface area contributed by atoms with Crippen LogP contribution in [-0.2, 0) is 11.2 Å². The summed E-state index contributed by atoms with van der Waals surface area (Å²) in [7, 11) is 0. The Balaban J connectivity index is 2.34. The maximum atomic E-state index is 12.4. The summed E-state index contributed by atoms with van der Waals surface area (Å²) in [6, 6.07) is 14.0. The smallest absolute Gasteiger partial charge is 0.332 e. The van der Waals surface area contributed by atoms with E-state index in [-0.39, 0.29) is 17.7 Å². The van der Waals surface area contributed by atoms with Crippen molar-refractivity contribution in [2.45, 2.75) is 12.0 Å². The second kappa shape index (κ2) is 5.76. The van der Waals surface area contributed by atoms with Crippen LogP contribution in [0.1, 0.15) is 15.9 Å². The molecule has 0 fully saturated rings. The van der Waals surface area contributed by atoms with Crippen LogP contribution < -0.4 is 5.73 Å². The Morgan fingerprint density at radius 2 is 1.57 bits per heavy atom. The number of hydrogen-bond donors (Lipinski definition) is 3. The molecule has 5 nitrogen and oxygen atoms in total. The van der Waals surface area contributed by atoms with Crippen molar-refractivity contribution in [1.29, 1.82) is 0 Å². The highest BCUT2D eigenvalue weighted by molar-refractivity contribution is 6.16. The molecule has 0 aliphatic rings. The molecule has 0 radical (unpaired) electrons. The number of nitrogens with two attached hydrogens (primary N) is 1. The number of Topliss-reactive ketones (excluding diaryl/α,β-unsaturated/α-hetero) is 1. The standard InChI is InChI=1S/C16H15NO4/c17-16(15(20)21,10-11-6-8-13(18)9-7-11)14(19)12-4-2-1-3-5-12/h1-9,18H,10,17H2,(H,20,21). The van der Waals surface area contributed by atoms with Crippen LogP contribution in [0.5, 0.6) is 5.75 Å². The van der Waals surface area contributed by atoms with E-state index in [1.807, 2.05) is 0 Å². The summed E-state index contributed by atoms with van der Waals surface area (Å²) >= 11 is 0. The molecule has 0 saturated carbocycles. The van der Waals surface area contributed by atoms with E-state index in [1.165, 1.54) is 36.4 Å². The van der Waals surface area contributed by atoms with Gasteiger partial charge in [-0.3, -0.25) is 4.79 Å². The van der Waals surface area contributed by atoms with Crippen LogP contribution in [-0.4, -0.2) is 27.5 Å². The molecule has 5 heteroatoms. The molecule has 2 aromatic rings. The molecule has 0 bridgehead atoms. The number of rotatable bonds is 5. The summed E-state index contributed by atoms with van der Waals surface area (Å²) in [5, 5.41) is 18.6. The number of benzene rings is 2. The van der Waals surface area contributed by atoms with Gasteiger partial charge in [0.1, 0.15) is 5.75 Å². The minimum atomic E-state index is -2.04. The van der Waals surface area contributed by atoms with Crippen LogP contribution in [0.15, 0.2) is 54.6 Å². The van der Waals surface area contributed by atoms with Crippen molar-refractivity contribution in [1.82, 2.24) is 0 Å². The first-order valence-corrected chi connectivity index (χ1v) is 6.33. The molecule has 0 aromatic heterocycles. The monoisotopic (exact) mass is 285 g/mol. The van der Waals surface area contributed by atoms with Gasteiger partial charge in [0.2, 0.25) is 0 Å². The Morgan fingerprint density at radius 1 is 1.00 bits per heavy atom. The number of phenols is 1. The fraction of sp³-hybridized carbons (Fsp3) is 0.125. The van der Waals surface area contributed by atoms with Crippen LogP contribution in [0.3, 0.4) is 0 Å². The minimum absolute atomic E-state index is 0.0612. The van der Waals surface area contributed by atoms with Gasteiger partial charge in [0.25, 0.3) is 0 Å². The summed E-state index contributed by atoms with van der Waals surface area (Å²) in [6.45, 7) is 0. The fourth-order valence-electron chi connectivity index (χ4n) is 2.04. The highest BCUT2D eigenvalue weighted by Gasteiger charge is 2.42. The van der Waals surface area contributed by atoms with Gasteiger partial charge in [0.15, 0.2) is 11.3 Å². The number of ketones is 1. The van der Waals surface area contributed by atoms with Crippen LogP contribution in [0, 0.1) is 0 Å². The SMILES string of the molecule is NC(Cc1ccc(O)cc1)(C(=O)O)C(=O)c1ccccc1. The second-order valence-electron chi connectivity index (χ2n) is 4.81. The van der Waals surface area contributed by atoms with Crippen molar-refractivity contribution >= 4 is 11.8 Å². The molecule has 4 N–H and O–H groups in total. The summed E-state index contributed by atoms with van der Waals surface area (Å²) in [4.78, 5) is 23.9. The zero-order valence-corrected chi connectivity index (χ0v) is 11.2. The van der Waals surface area contributed by atoms with Gasteiger partial charge in [0, 0.05) is 12.0 Å². The van der Waals surface area contributed by atoms with E-state index >= 15 is 0 Å². The Bertz CT molecular complexity index is 652. The molecule has 2 rings (SSSR count). The Kier molecular flexibility index (Phi) is 4.05. The molecule has 2 aromatic carbocycles. The zero-order valence-electron chi connectivity index (χ0n) is 11.2. The topological polar surface area (TPSA) is 101 Å². The molecular formula is C16H15NO4. The number of carboxylic acids is 1. The molecule has 0 saturated heterocycles. The molecule has 1 unspecified atom stereocenters. The molecular weight excluding hydrogens is 270 g/mol. The van der Waals surface area contributed by atoms with E-state index in [9.17, 15) is 19.8 Å². The van der Waals surface area contributed by atoms with E-state index in [1.54, 1.807) is 18.2 Å². The molecule has 21 heavy (non-hydrogen) atoms. The molecule has 108 valence electrons. The van der Waals surface area contributed by atoms with E-state index < -0.39 is 17.3 Å². The zero-order chi connectivity index (χ0) is 15.5. The molecule has 1 atom stereocenters. The molecule has 0 heterocycles. The Hall–Kier alpha value is -2.66. The number of carbonyl (C=O) groups excluding carboxylic acids is 1. The van der Waals surface area contributed by atoms with Crippen molar-refractivity contribution < 1.29 is 19.8 Å². The Labute approximate surface area is 121 Å². The van der Waals surface area contributed by atoms with E-state index in [4.69, 9.17) is 5.73 Å². The second-order valence-corrected chi connectivity index (χ2v) is 4.81. The summed E-state index contributed by atoms with van der Waals surface area (Å²) in [5.74, 6) is -1.97. The third kappa shape index (κ3) is 3.09. The first kappa shape index (κ1) is 14.7. The maximum absolute atomic E-state index is 12.4. The van der Waals surface area contributed by atoms with E-state index in [2.05, 4.69) is 0 Å². The molecule has 0 aliphatic carbocycles. The number of aliphatic carboxylic acids is 1. The lowest BCUT2D eigenvalue weighted by atomic mass is 9.84. The van der Waals surface area contributed by atoms with Crippen molar-refractivity contribution in [2.75, 3.05) is 0 Å². The van der Waals surface area contributed by atoms with Crippen LogP contribution in [0.4, 0.5) is 0 Å². The summed E-state index contributed by atoms with van der Waals surface area (Å²) in [5.41, 5.74) is 4.64. The van der Waals surface area contributed by atoms with Gasteiger partial charge in [0.05, 0.1) is 0 Å². The summed E-state index contributed by atoms with van der Waals surface area (Å²) < 4.78 is 0. The lowest BCUT2D eigenvalue weighted by molar-refractivity contribution is -0.141. The lowest BCUT2D eigenvalue weighted by Crippen LogP contribution is -2.56. The maximum Gasteiger partial charge on any atom is 0.332 e. The average Bonchev–Trinajstić information content (AvgIpc) is 2.49. The van der Waals surface area contributed by atoms with Gasteiger partial charge in [-0.15, -0.1) is 0 Å². The number of carboxylic acid groups (broad SMARTS) is 1. The number of aromatic hydroxyl groups is 1. The first-order valence-electron chi connectivity index (χ1n) is 6.33. The van der Waals surface area contributed by atoms with Gasteiger partial charge < -0.3 is 15.9 Å². The van der Waals surface area contributed by atoms with E-state index in [0.717, 1.165) is 0 Å². The van der Waals surface area contributed by atoms with Gasteiger partial charge in [-0.05, 0) is 17.7 Å². The first-order chi connectivity index (χ1) is 9.93. The predicted molar refractivity (Wildman–Crippen MR) is 77.1 cm³/mol. The largest absolute Gasteiger partial charge is 0.508 e. The number of phenolic OH excluding ortho intramolecular Hbond substituents is 1.